The fraction of sp³-hybridized carbons (Fsp3) is 0.571. The number of amides is 3. The molecule has 1 saturated heterocycles. The number of likely N-dealkylation sites (tertiary alicyclic amines) is 1. The quantitative estimate of drug-likeness (QED) is 0.526. The Morgan fingerprint density at radius 2 is 1.90 bits per heavy atom. The topological polar surface area (TPSA) is 120 Å². The molecule has 9 heteroatoms. The van der Waals surface area contributed by atoms with Gasteiger partial charge in [0.2, 0.25) is 11.8 Å². The molecule has 164 valence electrons. The lowest BCUT2D eigenvalue weighted by molar-refractivity contribution is -0.133. The predicted molar refractivity (Wildman–Crippen MR) is 110 cm³/mol. The third-order valence-corrected chi connectivity index (χ3v) is 5.89. The van der Waals surface area contributed by atoms with E-state index in [9.17, 15) is 14.4 Å². The second-order valence-electron chi connectivity index (χ2n) is 7.94. The summed E-state index contributed by atoms with van der Waals surface area (Å²) < 4.78 is 5.18. The first-order valence-corrected chi connectivity index (χ1v) is 10.3. The smallest absolute Gasteiger partial charge is 0.405 e. The number of carboxylic acid groups (broad SMARTS) is 1. The molecule has 1 aliphatic heterocycles. The maximum Gasteiger partial charge on any atom is 0.405 e. The number of methoxy groups -OCH3 is 1. The first-order chi connectivity index (χ1) is 14.4. The fourth-order valence-electron chi connectivity index (χ4n) is 4.45. The van der Waals surface area contributed by atoms with Gasteiger partial charge in [-0.3, -0.25) is 9.59 Å². The van der Waals surface area contributed by atoms with Crippen molar-refractivity contribution in [3.8, 4) is 5.75 Å². The molecule has 0 radical (unpaired) electrons. The standard InChI is InChI=1S/C21H30N4O5/c1-13(26)23-18-11-15(22-12-14-3-6-16(30-2)7-4-14)5-8-19(18)25-10-9-17(20(25)27)24-21(28)29/h3-4,6-7,15,17-19,22,24H,5,8-12H2,1-2H3,(H,23,26)(H,28,29)/t15-,17+,18+,19+/m1/s1. The van der Waals surface area contributed by atoms with Crippen LogP contribution in [0.15, 0.2) is 24.3 Å². The van der Waals surface area contributed by atoms with E-state index in [1.54, 1.807) is 12.0 Å². The average Bonchev–Trinajstić information content (AvgIpc) is 3.06. The third-order valence-electron chi connectivity index (χ3n) is 5.89. The monoisotopic (exact) mass is 418 g/mol. The molecule has 4 atom stereocenters. The minimum atomic E-state index is -1.19. The van der Waals surface area contributed by atoms with E-state index in [-0.39, 0.29) is 29.9 Å². The minimum absolute atomic E-state index is 0.124. The van der Waals surface area contributed by atoms with Gasteiger partial charge in [-0.05, 0) is 43.4 Å². The van der Waals surface area contributed by atoms with E-state index in [2.05, 4.69) is 16.0 Å². The van der Waals surface area contributed by atoms with Crippen LogP contribution < -0.4 is 20.7 Å². The number of ether oxygens (including phenoxy) is 1. The Bertz CT molecular complexity index is 769. The molecule has 1 saturated carbocycles. The van der Waals surface area contributed by atoms with Gasteiger partial charge in [-0.2, -0.15) is 0 Å². The Labute approximate surface area is 176 Å². The van der Waals surface area contributed by atoms with Crippen molar-refractivity contribution in [3.05, 3.63) is 29.8 Å². The molecule has 0 spiro atoms. The number of carbonyl (C=O) groups is 3. The van der Waals surface area contributed by atoms with Crippen molar-refractivity contribution >= 4 is 17.9 Å². The minimum Gasteiger partial charge on any atom is -0.497 e. The lowest BCUT2D eigenvalue weighted by atomic mass is 9.85. The molecule has 0 unspecified atom stereocenters. The Morgan fingerprint density at radius 3 is 2.53 bits per heavy atom. The zero-order chi connectivity index (χ0) is 21.7. The Kier molecular flexibility index (Phi) is 7.15. The zero-order valence-corrected chi connectivity index (χ0v) is 17.4. The molecular formula is C21H30N4O5. The Hall–Kier alpha value is -2.81. The number of nitrogens with zero attached hydrogens (tertiary/aromatic N) is 1. The van der Waals surface area contributed by atoms with Crippen molar-refractivity contribution in [2.24, 2.45) is 0 Å². The Balaban J connectivity index is 1.60. The molecule has 3 amide bonds. The molecule has 1 aromatic carbocycles. The lowest BCUT2D eigenvalue weighted by Crippen LogP contribution is -2.58. The molecule has 9 nitrogen and oxygen atoms in total. The summed E-state index contributed by atoms with van der Waals surface area (Å²) in [4.78, 5) is 37.1. The van der Waals surface area contributed by atoms with Crippen LogP contribution in [-0.2, 0) is 16.1 Å². The largest absolute Gasteiger partial charge is 0.497 e. The van der Waals surface area contributed by atoms with Crippen LogP contribution in [0.3, 0.4) is 0 Å². The van der Waals surface area contributed by atoms with Gasteiger partial charge in [0.25, 0.3) is 0 Å². The second kappa shape index (κ2) is 9.80. The first-order valence-electron chi connectivity index (χ1n) is 10.3. The van der Waals surface area contributed by atoms with Gasteiger partial charge in [0, 0.05) is 26.1 Å². The van der Waals surface area contributed by atoms with Crippen molar-refractivity contribution in [1.29, 1.82) is 0 Å². The highest BCUT2D eigenvalue weighted by molar-refractivity contribution is 5.87. The van der Waals surface area contributed by atoms with Crippen LogP contribution in [0.2, 0.25) is 0 Å². The molecule has 2 aliphatic rings. The van der Waals surface area contributed by atoms with Crippen LogP contribution in [0.4, 0.5) is 4.79 Å². The highest BCUT2D eigenvalue weighted by atomic mass is 16.5. The van der Waals surface area contributed by atoms with Crippen molar-refractivity contribution < 1.29 is 24.2 Å². The SMILES string of the molecule is COc1ccc(CN[C@@H]2CC[C@H](N3CC[C@H](NC(=O)O)C3=O)[C@@H](NC(C)=O)C2)cc1. The Morgan fingerprint density at radius 1 is 1.17 bits per heavy atom. The van der Waals surface area contributed by atoms with Crippen LogP contribution in [0.25, 0.3) is 0 Å². The number of hydrogen-bond acceptors (Lipinski definition) is 5. The van der Waals surface area contributed by atoms with Gasteiger partial charge in [0.1, 0.15) is 11.8 Å². The maximum absolute atomic E-state index is 12.7. The van der Waals surface area contributed by atoms with E-state index in [4.69, 9.17) is 9.84 Å². The van der Waals surface area contributed by atoms with Gasteiger partial charge in [-0.1, -0.05) is 12.1 Å². The van der Waals surface area contributed by atoms with Crippen molar-refractivity contribution in [1.82, 2.24) is 20.9 Å². The van der Waals surface area contributed by atoms with Gasteiger partial charge < -0.3 is 30.7 Å². The predicted octanol–water partition coefficient (Wildman–Crippen LogP) is 1.08. The molecule has 1 aliphatic carbocycles. The maximum atomic E-state index is 12.7. The first kappa shape index (κ1) is 21.9. The van der Waals surface area contributed by atoms with Crippen LogP contribution in [-0.4, -0.2) is 65.7 Å². The molecule has 0 aromatic heterocycles. The van der Waals surface area contributed by atoms with Crippen LogP contribution in [0.5, 0.6) is 5.75 Å². The van der Waals surface area contributed by atoms with Gasteiger partial charge in [0.15, 0.2) is 0 Å². The summed E-state index contributed by atoms with van der Waals surface area (Å²) in [6.45, 7) is 2.68. The van der Waals surface area contributed by atoms with Crippen LogP contribution in [0.1, 0.15) is 38.2 Å². The third kappa shape index (κ3) is 5.41. The van der Waals surface area contributed by atoms with E-state index < -0.39 is 12.1 Å². The van der Waals surface area contributed by atoms with Crippen LogP contribution >= 0.6 is 0 Å². The van der Waals surface area contributed by atoms with Crippen LogP contribution in [0, 0.1) is 0 Å². The summed E-state index contributed by atoms with van der Waals surface area (Å²) >= 11 is 0. The summed E-state index contributed by atoms with van der Waals surface area (Å²) in [5.41, 5.74) is 1.14. The summed E-state index contributed by atoms with van der Waals surface area (Å²) in [6, 6.07) is 7.10. The summed E-state index contributed by atoms with van der Waals surface area (Å²) in [5, 5.41) is 17.8. The van der Waals surface area contributed by atoms with Gasteiger partial charge >= 0.3 is 6.09 Å². The molecule has 4 N–H and O–H groups in total. The number of nitrogens with one attached hydrogen (secondary N) is 3. The number of carbonyl (C=O) groups excluding carboxylic acids is 2. The summed E-state index contributed by atoms with van der Waals surface area (Å²) in [7, 11) is 1.64. The molecule has 1 heterocycles. The van der Waals surface area contributed by atoms with E-state index in [1.807, 2.05) is 24.3 Å². The number of rotatable bonds is 7. The summed E-state index contributed by atoms with van der Waals surface area (Å²) in [5.74, 6) is 0.478. The van der Waals surface area contributed by atoms with Gasteiger partial charge in [0.05, 0.1) is 19.2 Å². The number of benzene rings is 1. The molecule has 2 fully saturated rings. The highest BCUT2D eigenvalue weighted by Gasteiger charge is 2.42. The molecule has 1 aromatic rings. The second-order valence-corrected chi connectivity index (χ2v) is 7.94. The van der Waals surface area contributed by atoms with E-state index in [1.165, 1.54) is 6.92 Å². The number of hydrogen-bond donors (Lipinski definition) is 4. The molecular weight excluding hydrogens is 388 g/mol. The molecule has 30 heavy (non-hydrogen) atoms. The zero-order valence-electron chi connectivity index (χ0n) is 17.4. The van der Waals surface area contributed by atoms with Gasteiger partial charge in [-0.15, -0.1) is 0 Å². The van der Waals surface area contributed by atoms with Crippen molar-refractivity contribution in [2.45, 2.75) is 63.3 Å². The van der Waals surface area contributed by atoms with Crippen molar-refractivity contribution in [2.75, 3.05) is 13.7 Å². The molecule has 3 rings (SSSR count). The van der Waals surface area contributed by atoms with Crippen molar-refractivity contribution in [3.63, 3.8) is 0 Å². The molecule has 0 bridgehead atoms. The fourth-order valence-corrected chi connectivity index (χ4v) is 4.45. The normalized spacial score (nSPS) is 26.3. The van der Waals surface area contributed by atoms with E-state index >= 15 is 0 Å². The highest BCUT2D eigenvalue weighted by Crippen LogP contribution is 2.28. The van der Waals surface area contributed by atoms with E-state index in [0.29, 0.717) is 25.9 Å². The average molecular weight is 418 g/mol. The van der Waals surface area contributed by atoms with Gasteiger partial charge in [-0.25, -0.2) is 4.79 Å². The van der Waals surface area contributed by atoms with E-state index in [0.717, 1.165) is 24.2 Å². The summed E-state index contributed by atoms with van der Waals surface area (Å²) in [6.07, 6.45) is 1.59. The lowest BCUT2D eigenvalue weighted by Gasteiger charge is -2.41.